The van der Waals surface area contributed by atoms with Crippen molar-refractivity contribution in [1.29, 1.82) is 0 Å². The molecule has 1 aliphatic rings. The number of fused-ring (bicyclic) bond motifs is 1. The lowest BCUT2D eigenvalue weighted by molar-refractivity contribution is -0.143. The predicted molar refractivity (Wildman–Crippen MR) is 126 cm³/mol. The molecule has 2 aromatic rings. The molecule has 0 unspecified atom stereocenters. The van der Waals surface area contributed by atoms with Gasteiger partial charge in [-0.25, -0.2) is 4.98 Å². The summed E-state index contributed by atoms with van der Waals surface area (Å²) in [6, 6.07) is 10.8. The summed E-state index contributed by atoms with van der Waals surface area (Å²) in [5.41, 5.74) is 6.32. The van der Waals surface area contributed by atoms with Crippen LogP contribution in [0.5, 0.6) is 0 Å². The molecule has 3 heteroatoms. The molecule has 0 bridgehead atoms. The second kappa shape index (κ2) is 9.69. The molecule has 0 aliphatic heterocycles. The maximum atomic E-state index is 11.4. The summed E-state index contributed by atoms with van der Waals surface area (Å²) in [7, 11) is 0. The van der Waals surface area contributed by atoms with Gasteiger partial charge in [-0.1, -0.05) is 45.7 Å². The number of carbonyl (C=O) groups excluding carboxylic acids is 1. The van der Waals surface area contributed by atoms with Crippen molar-refractivity contribution in [3.63, 3.8) is 0 Å². The zero-order chi connectivity index (χ0) is 22.5. The second-order valence-electron chi connectivity index (χ2n) is 9.84. The van der Waals surface area contributed by atoms with Crippen molar-refractivity contribution in [3.05, 3.63) is 64.5 Å². The van der Waals surface area contributed by atoms with Gasteiger partial charge in [0.15, 0.2) is 0 Å². The number of esters is 1. The summed E-state index contributed by atoms with van der Waals surface area (Å²) in [6.07, 6.45) is 7.50. The Kier molecular flexibility index (Phi) is 7.21. The van der Waals surface area contributed by atoms with E-state index >= 15 is 0 Å². The third-order valence-electron chi connectivity index (χ3n) is 6.41. The average Bonchev–Trinajstić information content (AvgIpc) is 2.74. The first-order valence-corrected chi connectivity index (χ1v) is 11.5. The van der Waals surface area contributed by atoms with E-state index in [0.717, 1.165) is 30.5 Å². The van der Waals surface area contributed by atoms with Gasteiger partial charge in [-0.05, 0) is 90.7 Å². The fourth-order valence-corrected chi connectivity index (χ4v) is 4.28. The van der Waals surface area contributed by atoms with Crippen molar-refractivity contribution in [2.75, 3.05) is 6.61 Å². The van der Waals surface area contributed by atoms with Crippen LogP contribution in [0.15, 0.2) is 36.5 Å². The quantitative estimate of drug-likeness (QED) is 0.323. The molecular formula is C28H35NO2. The van der Waals surface area contributed by atoms with Crippen LogP contribution in [-0.2, 0) is 26.8 Å². The summed E-state index contributed by atoms with van der Waals surface area (Å²) < 4.78 is 4.96. The Morgan fingerprint density at radius 2 is 1.74 bits per heavy atom. The topological polar surface area (TPSA) is 39.2 Å². The summed E-state index contributed by atoms with van der Waals surface area (Å²) >= 11 is 0. The average molecular weight is 418 g/mol. The van der Waals surface area contributed by atoms with Crippen molar-refractivity contribution in [2.45, 2.75) is 84.0 Å². The Morgan fingerprint density at radius 1 is 1.00 bits per heavy atom. The van der Waals surface area contributed by atoms with Crippen LogP contribution in [0.3, 0.4) is 0 Å². The number of ether oxygens (including phenoxy) is 1. The molecule has 1 aliphatic carbocycles. The van der Waals surface area contributed by atoms with Gasteiger partial charge >= 0.3 is 5.97 Å². The highest BCUT2D eigenvalue weighted by Gasteiger charge is 2.36. The number of nitrogens with zero attached hydrogens (tertiary/aromatic N) is 1. The molecule has 1 heterocycles. The summed E-state index contributed by atoms with van der Waals surface area (Å²) in [5, 5.41) is 0. The smallest absolute Gasteiger partial charge is 0.305 e. The number of benzene rings is 1. The van der Waals surface area contributed by atoms with Gasteiger partial charge in [0.05, 0.1) is 6.61 Å². The lowest BCUT2D eigenvalue weighted by atomic mass is 9.63. The van der Waals surface area contributed by atoms with Gasteiger partial charge in [0.2, 0.25) is 0 Å². The van der Waals surface area contributed by atoms with Gasteiger partial charge in [-0.15, -0.1) is 0 Å². The van der Waals surface area contributed by atoms with Crippen LogP contribution in [0, 0.1) is 11.8 Å². The van der Waals surface area contributed by atoms with Crippen LogP contribution < -0.4 is 0 Å². The molecule has 0 atom stereocenters. The molecule has 3 rings (SSSR count). The summed E-state index contributed by atoms with van der Waals surface area (Å²) in [5.74, 6) is 6.41. The van der Waals surface area contributed by atoms with Crippen molar-refractivity contribution in [2.24, 2.45) is 0 Å². The minimum absolute atomic E-state index is 0.111. The third-order valence-corrected chi connectivity index (χ3v) is 6.41. The van der Waals surface area contributed by atoms with E-state index in [0.29, 0.717) is 13.0 Å². The van der Waals surface area contributed by atoms with Crippen LogP contribution in [-0.4, -0.2) is 17.6 Å². The van der Waals surface area contributed by atoms with Crippen molar-refractivity contribution >= 4 is 5.97 Å². The van der Waals surface area contributed by atoms with Gasteiger partial charge in [0.25, 0.3) is 0 Å². The van der Waals surface area contributed by atoms with E-state index in [1.165, 1.54) is 29.5 Å². The van der Waals surface area contributed by atoms with E-state index in [1.54, 1.807) is 0 Å². The molecule has 1 aromatic carbocycles. The molecule has 0 N–H and O–H groups in total. The number of pyridine rings is 1. The van der Waals surface area contributed by atoms with Crippen LogP contribution in [0.4, 0.5) is 0 Å². The fourth-order valence-electron chi connectivity index (χ4n) is 4.28. The molecule has 0 fully saturated rings. The Bertz CT molecular complexity index is 974. The molecule has 0 spiro atoms. The van der Waals surface area contributed by atoms with E-state index < -0.39 is 0 Å². The lowest BCUT2D eigenvalue weighted by Crippen LogP contribution is -2.33. The third kappa shape index (κ3) is 5.97. The number of unbranched alkanes of at least 4 members (excludes halogenated alkanes) is 1. The SMILES string of the molecule is CCOC(=O)CCCCc1ccc(C#Cc2ccc3c(c2)C(C)(C)CCC3(C)C)nc1. The number of hydrogen-bond donors (Lipinski definition) is 0. The first kappa shape index (κ1) is 23.1. The molecule has 164 valence electrons. The van der Waals surface area contributed by atoms with E-state index in [-0.39, 0.29) is 16.8 Å². The highest BCUT2D eigenvalue weighted by Crippen LogP contribution is 2.45. The van der Waals surface area contributed by atoms with Crippen molar-refractivity contribution < 1.29 is 9.53 Å². The van der Waals surface area contributed by atoms with Crippen LogP contribution >= 0.6 is 0 Å². The number of aryl methyl sites for hydroxylation is 1. The Morgan fingerprint density at radius 3 is 2.42 bits per heavy atom. The minimum atomic E-state index is -0.111. The van der Waals surface area contributed by atoms with E-state index in [1.807, 2.05) is 19.2 Å². The summed E-state index contributed by atoms with van der Waals surface area (Å²) in [6.45, 7) is 11.6. The van der Waals surface area contributed by atoms with E-state index in [9.17, 15) is 4.79 Å². The first-order chi connectivity index (χ1) is 14.7. The number of aromatic nitrogens is 1. The molecule has 0 amide bonds. The highest BCUT2D eigenvalue weighted by atomic mass is 16.5. The van der Waals surface area contributed by atoms with E-state index in [4.69, 9.17) is 4.74 Å². The standard InChI is InChI=1S/C28H35NO2/c1-6-31-26(30)10-8-7-9-22-12-15-23(29-20-22)14-11-21-13-16-24-25(19-21)28(4,5)18-17-27(24,2)3/h12-13,15-16,19-20H,6-10,17-18H2,1-5H3. The lowest BCUT2D eigenvalue weighted by Gasteiger charge is -2.41. The van der Waals surface area contributed by atoms with Gasteiger partial charge in [-0.3, -0.25) is 4.79 Å². The number of carbonyl (C=O) groups is 1. The van der Waals surface area contributed by atoms with Crippen LogP contribution in [0.1, 0.15) is 94.7 Å². The van der Waals surface area contributed by atoms with Gasteiger partial charge < -0.3 is 4.74 Å². The van der Waals surface area contributed by atoms with Crippen LogP contribution in [0.2, 0.25) is 0 Å². The van der Waals surface area contributed by atoms with Crippen molar-refractivity contribution in [1.82, 2.24) is 4.98 Å². The normalized spacial score (nSPS) is 16.0. The molecule has 0 saturated heterocycles. The number of rotatable bonds is 6. The maximum Gasteiger partial charge on any atom is 0.305 e. The van der Waals surface area contributed by atoms with Gasteiger partial charge in [-0.2, -0.15) is 0 Å². The number of hydrogen-bond acceptors (Lipinski definition) is 3. The van der Waals surface area contributed by atoms with Gasteiger partial charge in [0, 0.05) is 18.2 Å². The first-order valence-electron chi connectivity index (χ1n) is 11.5. The summed E-state index contributed by atoms with van der Waals surface area (Å²) in [4.78, 5) is 15.9. The zero-order valence-corrected chi connectivity index (χ0v) is 19.7. The molecule has 0 saturated carbocycles. The maximum absolute atomic E-state index is 11.4. The molecule has 0 radical (unpaired) electrons. The molecule has 1 aromatic heterocycles. The fraction of sp³-hybridized carbons (Fsp3) is 0.500. The molecular weight excluding hydrogens is 382 g/mol. The largest absolute Gasteiger partial charge is 0.466 e. The van der Waals surface area contributed by atoms with E-state index in [2.05, 4.69) is 68.8 Å². The van der Waals surface area contributed by atoms with Crippen molar-refractivity contribution in [3.8, 4) is 11.8 Å². The second-order valence-corrected chi connectivity index (χ2v) is 9.84. The zero-order valence-electron chi connectivity index (χ0n) is 19.7. The minimum Gasteiger partial charge on any atom is -0.466 e. The molecule has 3 nitrogen and oxygen atoms in total. The predicted octanol–water partition coefficient (Wildman–Crippen LogP) is 6.11. The highest BCUT2D eigenvalue weighted by molar-refractivity contribution is 5.69. The monoisotopic (exact) mass is 417 g/mol. The van der Waals surface area contributed by atoms with Crippen LogP contribution in [0.25, 0.3) is 0 Å². The molecule has 31 heavy (non-hydrogen) atoms. The Balaban J connectivity index is 1.63. The van der Waals surface area contributed by atoms with Gasteiger partial charge in [0.1, 0.15) is 5.69 Å². The Labute approximate surface area is 187 Å². The Hall–Kier alpha value is -2.60.